The first kappa shape index (κ1) is 16.6. The van der Waals surface area contributed by atoms with Crippen LogP contribution in [0, 0.1) is 6.92 Å². The summed E-state index contributed by atoms with van der Waals surface area (Å²) in [6, 6.07) is 9.62. The zero-order valence-electron chi connectivity index (χ0n) is 14.3. The topological polar surface area (TPSA) is 99.7 Å². The normalized spacial score (nSPS) is 15.2. The predicted molar refractivity (Wildman–Crippen MR) is 99.0 cm³/mol. The molecule has 1 fully saturated rings. The minimum Gasteiger partial charge on any atom is -0.324 e. The van der Waals surface area contributed by atoms with Crippen molar-refractivity contribution in [3.63, 3.8) is 0 Å². The van der Waals surface area contributed by atoms with Gasteiger partial charge in [-0.1, -0.05) is 34.8 Å². The summed E-state index contributed by atoms with van der Waals surface area (Å²) in [4.78, 5) is 18.9. The number of nitrogens with one attached hydrogen (secondary N) is 2. The van der Waals surface area contributed by atoms with Crippen LogP contribution in [0.1, 0.15) is 30.4 Å². The molecular weight excluding hydrogens is 350 g/mol. The van der Waals surface area contributed by atoms with E-state index in [-0.39, 0.29) is 6.03 Å². The third kappa shape index (κ3) is 3.43. The number of benzene rings is 1. The van der Waals surface area contributed by atoms with Gasteiger partial charge in [0.25, 0.3) is 0 Å². The number of carbonyl (C=O) groups excluding carboxylic acids is 1. The molecule has 1 aliphatic heterocycles. The number of rotatable bonds is 3. The Morgan fingerprint density at radius 3 is 2.73 bits per heavy atom. The number of likely N-dealkylation sites (tertiary alicyclic amines) is 1. The van der Waals surface area contributed by atoms with Gasteiger partial charge in [0.05, 0.1) is 0 Å². The number of aryl methyl sites for hydroxylation is 1. The van der Waals surface area contributed by atoms with Gasteiger partial charge in [-0.15, -0.1) is 5.10 Å². The summed E-state index contributed by atoms with van der Waals surface area (Å²) in [5, 5.41) is 14.9. The van der Waals surface area contributed by atoms with E-state index in [1.807, 2.05) is 42.2 Å². The molecule has 0 radical (unpaired) electrons. The molecule has 1 saturated heterocycles. The fraction of sp³-hybridized carbons (Fsp3) is 0.353. The Kier molecular flexibility index (Phi) is 4.61. The highest BCUT2D eigenvalue weighted by Crippen LogP contribution is 2.30. The molecule has 2 amide bonds. The van der Waals surface area contributed by atoms with Crippen LogP contribution in [0.25, 0.3) is 11.3 Å². The van der Waals surface area contributed by atoms with Gasteiger partial charge in [-0.05, 0) is 19.8 Å². The predicted octanol–water partition coefficient (Wildman–Crippen LogP) is 3.04. The van der Waals surface area contributed by atoms with Crippen molar-refractivity contribution >= 4 is 22.6 Å². The Labute approximate surface area is 154 Å². The van der Waals surface area contributed by atoms with Gasteiger partial charge in [0.2, 0.25) is 0 Å². The van der Waals surface area contributed by atoms with Crippen LogP contribution in [0.4, 0.5) is 9.80 Å². The number of aromatic amines is 1. The third-order valence-electron chi connectivity index (χ3n) is 4.52. The van der Waals surface area contributed by atoms with Gasteiger partial charge >= 0.3 is 6.03 Å². The van der Waals surface area contributed by atoms with E-state index in [0.717, 1.165) is 30.1 Å². The molecule has 9 heteroatoms. The molecule has 0 saturated carbocycles. The van der Waals surface area contributed by atoms with E-state index < -0.39 is 0 Å². The number of H-pyrrole nitrogens is 1. The highest BCUT2D eigenvalue weighted by atomic mass is 32.1. The van der Waals surface area contributed by atoms with Crippen molar-refractivity contribution in [2.24, 2.45) is 0 Å². The number of anilines is 1. The second kappa shape index (κ2) is 7.20. The Morgan fingerprint density at radius 2 is 2.04 bits per heavy atom. The average Bonchev–Trinajstić information content (AvgIpc) is 3.31. The lowest BCUT2D eigenvalue weighted by Gasteiger charge is -2.30. The molecule has 0 bridgehead atoms. The molecule has 1 aromatic carbocycles. The maximum atomic E-state index is 12.6. The zero-order chi connectivity index (χ0) is 17.9. The first-order valence-corrected chi connectivity index (χ1v) is 9.30. The van der Waals surface area contributed by atoms with Crippen LogP contribution in [0.5, 0.6) is 0 Å². The summed E-state index contributed by atoms with van der Waals surface area (Å²) in [5.41, 5.74) is 1.64. The van der Waals surface area contributed by atoms with Crippen molar-refractivity contribution in [1.82, 2.24) is 29.7 Å². The summed E-state index contributed by atoms with van der Waals surface area (Å²) < 4.78 is 3.99. The van der Waals surface area contributed by atoms with Crippen LogP contribution in [0.15, 0.2) is 30.3 Å². The maximum absolute atomic E-state index is 12.6. The van der Waals surface area contributed by atoms with E-state index in [1.54, 1.807) is 0 Å². The second-order valence-electron chi connectivity index (χ2n) is 6.29. The molecule has 4 rings (SSSR count). The fourth-order valence-electron chi connectivity index (χ4n) is 3.12. The number of nitrogens with zero attached hydrogens (tertiary/aromatic N) is 5. The van der Waals surface area contributed by atoms with Gasteiger partial charge in [-0.25, -0.2) is 9.78 Å². The van der Waals surface area contributed by atoms with Gasteiger partial charge in [-0.2, -0.15) is 5.10 Å². The summed E-state index contributed by atoms with van der Waals surface area (Å²) in [6.07, 6.45) is 1.72. The first-order chi connectivity index (χ1) is 12.7. The Hall–Kier alpha value is -2.81. The molecule has 8 nitrogen and oxygen atoms in total. The standard InChI is InChI=1S/C17H19N7OS/c1-11-18-15(22-20-11)13-7-9-24(10-8-13)17(25)19-16-14(21-23-26-16)12-5-3-2-4-6-12/h2-6,13H,7-10H2,1H3,(H,19,25)(H,18,20,22). The monoisotopic (exact) mass is 369 g/mol. The van der Waals surface area contributed by atoms with Gasteiger partial charge in [-0.3, -0.25) is 10.4 Å². The summed E-state index contributed by atoms with van der Waals surface area (Å²) >= 11 is 1.19. The highest BCUT2D eigenvalue weighted by Gasteiger charge is 2.27. The highest BCUT2D eigenvalue weighted by molar-refractivity contribution is 7.10. The van der Waals surface area contributed by atoms with Crippen LogP contribution >= 0.6 is 11.5 Å². The van der Waals surface area contributed by atoms with Gasteiger partial charge in [0, 0.05) is 36.1 Å². The van der Waals surface area contributed by atoms with Crippen LogP contribution in [0.3, 0.4) is 0 Å². The number of urea groups is 1. The van der Waals surface area contributed by atoms with Crippen molar-refractivity contribution in [3.05, 3.63) is 42.0 Å². The van der Waals surface area contributed by atoms with Crippen molar-refractivity contribution in [1.29, 1.82) is 0 Å². The van der Waals surface area contributed by atoms with E-state index in [4.69, 9.17) is 0 Å². The molecule has 0 atom stereocenters. The lowest BCUT2D eigenvalue weighted by Crippen LogP contribution is -2.40. The molecule has 0 unspecified atom stereocenters. The van der Waals surface area contributed by atoms with Crippen LogP contribution in [0.2, 0.25) is 0 Å². The van der Waals surface area contributed by atoms with E-state index in [9.17, 15) is 4.79 Å². The van der Waals surface area contributed by atoms with Gasteiger partial charge in [0.15, 0.2) is 5.82 Å². The molecule has 0 spiro atoms. The molecule has 134 valence electrons. The molecule has 0 aliphatic carbocycles. The van der Waals surface area contributed by atoms with Crippen LogP contribution < -0.4 is 5.32 Å². The van der Waals surface area contributed by atoms with E-state index >= 15 is 0 Å². The number of carbonyl (C=O) groups is 1. The smallest absolute Gasteiger partial charge is 0.322 e. The lowest BCUT2D eigenvalue weighted by molar-refractivity contribution is 0.193. The molecule has 2 N–H and O–H groups in total. The molecule has 3 aromatic rings. The number of aromatic nitrogens is 5. The van der Waals surface area contributed by atoms with E-state index in [0.29, 0.717) is 29.7 Å². The minimum absolute atomic E-state index is 0.113. The lowest BCUT2D eigenvalue weighted by atomic mass is 9.96. The number of amides is 2. The molecule has 26 heavy (non-hydrogen) atoms. The fourth-order valence-corrected chi connectivity index (χ4v) is 3.70. The summed E-state index contributed by atoms with van der Waals surface area (Å²) in [6.45, 7) is 3.25. The van der Waals surface area contributed by atoms with Crippen LogP contribution in [-0.2, 0) is 0 Å². The van der Waals surface area contributed by atoms with Crippen molar-refractivity contribution in [3.8, 4) is 11.3 Å². The largest absolute Gasteiger partial charge is 0.324 e. The first-order valence-electron chi connectivity index (χ1n) is 8.53. The third-order valence-corrected chi connectivity index (χ3v) is 5.16. The van der Waals surface area contributed by atoms with Crippen molar-refractivity contribution in [2.75, 3.05) is 18.4 Å². The number of piperidine rings is 1. The second-order valence-corrected chi connectivity index (χ2v) is 7.04. The Balaban J connectivity index is 1.39. The molecular formula is C17H19N7OS. The van der Waals surface area contributed by atoms with E-state index in [2.05, 4.69) is 30.1 Å². The minimum atomic E-state index is -0.113. The number of hydrogen-bond donors (Lipinski definition) is 2. The van der Waals surface area contributed by atoms with Gasteiger partial charge in [0.1, 0.15) is 16.5 Å². The van der Waals surface area contributed by atoms with E-state index in [1.165, 1.54) is 11.5 Å². The Bertz CT molecular complexity index is 883. The quantitative estimate of drug-likeness (QED) is 0.739. The van der Waals surface area contributed by atoms with Gasteiger partial charge < -0.3 is 4.90 Å². The SMILES string of the molecule is Cc1nc(C2CCN(C(=O)Nc3snnc3-c3ccccc3)CC2)n[nH]1. The molecule has 3 heterocycles. The molecule has 2 aromatic heterocycles. The molecule has 1 aliphatic rings. The number of hydrogen-bond acceptors (Lipinski definition) is 6. The zero-order valence-corrected chi connectivity index (χ0v) is 15.2. The summed E-state index contributed by atoms with van der Waals surface area (Å²) in [7, 11) is 0. The van der Waals surface area contributed by atoms with Crippen molar-refractivity contribution in [2.45, 2.75) is 25.7 Å². The Morgan fingerprint density at radius 1 is 1.27 bits per heavy atom. The maximum Gasteiger partial charge on any atom is 0.322 e. The van der Waals surface area contributed by atoms with Crippen LogP contribution in [-0.4, -0.2) is 48.8 Å². The summed E-state index contributed by atoms with van der Waals surface area (Å²) in [5.74, 6) is 1.97. The average molecular weight is 369 g/mol. The van der Waals surface area contributed by atoms with Crippen molar-refractivity contribution < 1.29 is 4.79 Å².